The van der Waals surface area contributed by atoms with Gasteiger partial charge in [-0.2, -0.15) is 5.10 Å². The van der Waals surface area contributed by atoms with E-state index in [1.54, 1.807) is 0 Å². The van der Waals surface area contributed by atoms with Gasteiger partial charge < -0.3 is 0 Å². The number of nitrogens with one attached hydrogen (secondary N) is 1. The SMILES string of the molecule is Cc1cn[nH]c1C1CCCCN1Cc1cnc(-c2ccccc2)nc1. The van der Waals surface area contributed by atoms with E-state index in [-0.39, 0.29) is 0 Å². The Balaban J connectivity index is 1.51. The van der Waals surface area contributed by atoms with Gasteiger partial charge in [-0.05, 0) is 31.9 Å². The number of H-pyrrole nitrogens is 1. The zero-order valence-corrected chi connectivity index (χ0v) is 14.5. The molecule has 5 nitrogen and oxygen atoms in total. The lowest BCUT2D eigenvalue weighted by atomic mass is 9.97. The smallest absolute Gasteiger partial charge is 0.159 e. The highest BCUT2D eigenvalue weighted by Gasteiger charge is 2.26. The molecular formula is C20H23N5. The van der Waals surface area contributed by atoms with E-state index in [2.05, 4.69) is 32.0 Å². The van der Waals surface area contributed by atoms with Gasteiger partial charge in [-0.25, -0.2) is 9.97 Å². The monoisotopic (exact) mass is 333 g/mol. The van der Waals surface area contributed by atoms with Crippen molar-refractivity contribution < 1.29 is 0 Å². The van der Waals surface area contributed by atoms with Crippen LogP contribution < -0.4 is 0 Å². The first-order valence-corrected chi connectivity index (χ1v) is 8.91. The van der Waals surface area contributed by atoms with Gasteiger partial charge in [0.25, 0.3) is 0 Å². The van der Waals surface area contributed by atoms with E-state index in [0.29, 0.717) is 6.04 Å². The normalized spacial score (nSPS) is 18.4. The molecule has 1 unspecified atom stereocenters. The first-order valence-electron chi connectivity index (χ1n) is 8.91. The van der Waals surface area contributed by atoms with E-state index >= 15 is 0 Å². The van der Waals surface area contributed by atoms with Crippen molar-refractivity contribution >= 4 is 0 Å². The second kappa shape index (κ2) is 7.15. The fraction of sp³-hybridized carbons (Fsp3) is 0.350. The number of aryl methyl sites for hydroxylation is 1. The summed E-state index contributed by atoms with van der Waals surface area (Å²) in [5.74, 6) is 0.781. The predicted octanol–water partition coefficient (Wildman–Crippen LogP) is 3.90. The number of likely N-dealkylation sites (tertiary alicyclic amines) is 1. The highest BCUT2D eigenvalue weighted by Crippen LogP contribution is 2.32. The van der Waals surface area contributed by atoms with E-state index in [0.717, 1.165) is 30.0 Å². The van der Waals surface area contributed by atoms with Gasteiger partial charge in [0.15, 0.2) is 5.82 Å². The van der Waals surface area contributed by atoms with Gasteiger partial charge in [-0.1, -0.05) is 36.8 Å². The maximum absolute atomic E-state index is 4.56. The molecule has 4 rings (SSSR count). The minimum atomic E-state index is 0.407. The Hall–Kier alpha value is -2.53. The molecule has 0 radical (unpaired) electrons. The minimum Gasteiger partial charge on any atom is -0.290 e. The molecule has 0 amide bonds. The third-order valence-electron chi connectivity index (χ3n) is 4.94. The van der Waals surface area contributed by atoms with Gasteiger partial charge >= 0.3 is 0 Å². The quantitative estimate of drug-likeness (QED) is 0.786. The van der Waals surface area contributed by atoms with Crippen LogP contribution in [0, 0.1) is 6.92 Å². The third kappa shape index (κ3) is 3.46. The molecular weight excluding hydrogens is 310 g/mol. The van der Waals surface area contributed by atoms with Crippen LogP contribution in [0.3, 0.4) is 0 Å². The number of aromatic amines is 1. The summed E-state index contributed by atoms with van der Waals surface area (Å²) in [7, 11) is 0. The third-order valence-corrected chi connectivity index (χ3v) is 4.94. The lowest BCUT2D eigenvalue weighted by Gasteiger charge is -2.35. The summed E-state index contributed by atoms with van der Waals surface area (Å²) in [6, 6.07) is 10.5. The van der Waals surface area contributed by atoms with Crippen molar-refractivity contribution in [3.63, 3.8) is 0 Å². The van der Waals surface area contributed by atoms with Crippen molar-refractivity contribution in [1.29, 1.82) is 0 Å². The number of piperidine rings is 1. The molecule has 0 aliphatic carbocycles. The van der Waals surface area contributed by atoms with Crippen LogP contribution in [-0.4, -0.2) is 31.6 Å². The Morgan fingerprint density at radius 2 is 1.88 bits per heavy atom. The predicted molar refractivity (Wildman–Crippen MR) is 97.8 cm³/mol. The lowest BCUT2D eigenvalue weighted by Crippen LogP contribution is -2.33. The fourth-order valence-electron chi connectivity index (χ4n) is 3.61. The van der Waals surface area contributed by atoms with Crippen LogP contribution >= 0.6 is 0 Å². The molecule has 1 atom stereocenters. The molecule has 1 fully saturated rings. The molecule has 2 aromatic heterocycles. The first kappa shape index (κ1) is 16.0. The number of hydrogen-bond donors (Lipinski definition) is 1. The molecule has 5 heteroatoms. The maximum Gasteiger partial charge on any atom is 0.159 e. The van der Waals surface area contributed by atoms with Crippen molar-refractivity contribution in [1.82, 2.24) is 25.1 Å². The van der Waals surface area contributed by atoms with E-state index in [4.69, 9.17) is 0 Å². The van der Waals surface area contributed by atoms with Crippen molar-refractivity contribution in [2.24, 2.45) is 0 Å². The van der Waals surface area contributed by atoms with Gasteiger partial charge in [0, 0.05) is 30.1 Å². The van der Waals surface area contributed by atoms with E-state index in [9.17, 15) is 0 Å². The summed E-state index contributed by atoms with van der Waals surface area (Å²) in [6.45, 7) is 4.10. The molecule has 1 N–H and O–H groups in total. The number of rotatable bonds is 4. The Bertz CT molecular complexity index is 810. The van der Waals surface area contributed by atoms with Gasteiger partial charge in [-0.3, -0.25) is 10.00 Å². The molecule has 0 spiro atoms. The zero-order valence-electron chi connectivity index (χ0n) is 14.5. The number of aromatic nitrogens is 4. The van der Waals surface area contributed by atoms with Crippen molar-refractivity contribution in [2.45, 2.75) is 38.8 Å². The topological polar surface area (TPSA) is 57.7 Å². The average molecular weight is 333 g/mol. The summed E-state index contributed by atoms with van der Waals surface area (Å²) in [5.41, 5.74) is 4.70. The van der Waals surface area contributed by atoms with Crippen LogP contribution in [0.4, 0.5) is 0 Å². The summed E-state index contributed by atoms with van der Waals surface area (Å²) < 4.78 is 0. The molecule has 0 bridgehead atoms. The van der Waals surface area contributed by atoms with Crippen molar-refractivity contribution in [3.05, 3.63) is 65.7 Å². The number of benzene rings is 1. The van der Waals surface area contributed by atoms with Gasteiger partial charge in [-0.15, -0.1) is 0 Å². The van der Waals surface area contributed by atoms with E-state index in [1.165, 1.54) is 30.5 Å². The summed E-state index contributed by atoms with van der Waals surface area (Å²) in [4.78, 5) is 11.6. The van der Waals surface area contributed by atoms with Crippen LogP contribution in [-0.2, 0) is 6.54 Å². The van der Waals surface area contributed by atoms with Crippen LogP contribution in [0.5, 0.6) is 0 Å². The Morgan fingerprint density at radius 3 is 2.60 bits per heavy atom. The highest BCUT2D eigenvalue weighted by molar-refractivity contribution is 5.53. The highest BCUT2D eigenvalue weighted by atomic mass is 15.2. The molecule has 25 heavy (non-hydrogen) atoms. The molecule has 3 aromatic rings. The minimum absolute atomic E-state index is 0.407. The number of hydrogen-bond acceptors (Lipinski definition) is 4. The largest absolute Gasteiger partial charge is 0.290 e. The molecule has 1 aliphatic rings. The second-order valence-corrected chi connectivity index (χ2v) is 6.73. The summed E-state index contributed by atoms with van der Waals surface area (Å²) in [5, 5.41) is 7.41. The molecule has 1 aromatic carbocycles. The Kier molecular flexibility index (Phi) is 4.57. The van der Waals surface area contributed by atoms with E-state index in [1.807, 2.05) is 48.9 Å². The summed E-state index contributed by atoms with van der Waals surface area (Å²) in [6.07, 6.45) is 9.52. The molecule has 128 valence electrons. The fourth-order valence-corrected chi connectivity index (χ4v) is 3.61. The van der Waals surface area contributed by atoms with Gasteiger partial charge in [0.05, 0.1) is 17.9 Å². The number of nitrogens with zero attached hydrogens (tertiary/aromatic N) is 4. The summed E-state index contributed by atoms with van der Waals surface area (Å²) >= 11 is 0. The lowest BCUT2D eigenvalue weighted by molar-refractivity contribution is 0.136. The average Bonchev–Trinajstić information content (AvgIpc) is 3.09. The molecule has 1 aliphatic heterocycles. The molecule has 1 saturated heterocycles. The second-order valence-electron chi connectivity index (χ2n) is 6.73. The van der Waals surface area contributed by atoms with Crippen LogP contribution in [0.25, 0.3) is 11.4 Å². The standard InChI is InChI=1S/C20H23N5/c1-15-11-23-24-19(15)18-9-5-6-10-25(18)14-16-12-21-20(22-13-16)17-7-3-2-4-8-17/h2-4,7-8,11-13,18H,5-6,9-10,14H2,1H3,(H,23,24). The zero-order chi connectivity index (χ0) is 17.1. The van der Waals surface area contributed by atoms with Gasteiger partial charge in [0.2, 0.25) is 0 Å². The van der Waals surface area contributed by atoms with Crippen molar-refractivity contribution in [3.8, 4) is 11.4 Å². The Morgan fingerprint density at radius 1 is 1.08 bits per heavy atom. The van der Waals surface area contributed by atoms with Crippen LogP contribution in [0.1, 0.15) is 42.1 Å². The first-order chi connectivity index (χ1) is 12.3. The molecule has 0 saturated carbocycles. The van der Waals surface area contributed by atoms with Gasteiger partial charge in [0.1, 0.15) is 0 Å². The maximum atomic E-state index is 4.56. The van der Waals surface area contributed by atoms with Crippen LogP contribution in [0.15, 0.2) is 48.9 Å². The van der Waals surface area contributed by atoms with E-state index < -0.39 is 0 Å². The Labute approximate surface area is 148 Å². The van der Waals surface area contributed by atoms with Crippen LogP contribution in [0.2, 0.25) is 0 Å². The van der Waals surface area contributed by atoms with Crippen molar-refractivity contribution in [2.75, 3.05) is 6.54 Å². The molecule has 3 heterocycles.